The molecule has 0 bridgehead atoms. The highest BCUT2D eigenvalue weighted by Crippen LogP contribution is 2.66. The van der Waals surface area contributed by atoms with Crippen molar-refractivity contribution in [2.45, 2.75) is 71.6 Å². The minimum absolute atomic E-state index is 0.122. The minimum Gasteiger partial charge on any atom is -0.294 e. The third-order valence-electron chi connectivity index (χ3n) is 9.40. The van der Waals surface area contributed by atoms with Crippen LogP contribution in [0.3, 0.4) is 0 Å². The van der Waals surface area contributed by atoms with Gasteiger partial charge in [0.1, 0.15) is 0 Å². The van der Waals surface area contributed by atoms with E-state index in [-0.39, 0.29) is 5.41 Å². The van der Waals surface area contributed by atoms with Crippen LogP contribution in [0.25, 0.3) is 6.08 Å². The molecule has 1 aromatic heterocycles. The van der Waals surface area contributed by atoms with Crippen LogP contribution in [0.15, 0.2) is 17.8 Å². The Morgan fingerprint density at radius 1 is 1.11 bits per heavy atom. The Morgan fingerprint density at radius 2 is 1.96 bits per heavy atom. The predicted molar refractivity (Wildman–Crippen MR) is 108 cm³/mol. The molecular weight excluding hydrogens is 332 g/mol. The summed E-state index contributed by atoms with van der Waals surface area (Å²) in [5.41, 5.74) is 2.53. The van der Waals surface area contributed by atoms with Gasteiger partial charge < -0.3 is 0 Å². The molecule has 4 fully saturated rings. The largest absolute Gasteiger partial charge is 0.294 e. The van der Waals surface area contributed by atoms with Gasteiger partial charge in [-0.1, -0.05) is 26.7 Å². The van der Waals surface area contributed by atoms with Crippen molar-refractivity contribution in [2.75, 3.05) is 0 Å². The number of carbonyl (C=O) groups is 1. The van der Waals surface area contributed by atoms with Crippen LogP contribution in [-0.2, 0) is 11.8 Å². The molecule has 4 saturated carbocycles. The molecule has 6 atom stereocenters. The van der Waals surface area contributed by atoms with Gasteiger partial charge in [-0.15, -0.1) is 0 Å². The molecular formula is C24H34N2O. The van der Waals surface area contributed by atoms with Gasteiger partial charge in [0.05, 0.1) is 5.69 Å². The third kappa shape index (κ3) is 2.46. The zero-order valence-electron chi connectivity index (χ0n) is 17.2. The summed E-state index contributed by atoms with van der Waals surface area (Å²) < 4.78 is 1.88. The molecule has 0 aliphatic heterocycles. The molecule has 0 N–H and O–H groups in total. The zero-order valence-corrected chi connectivity index (χ0v) is 17.2. The SMILES string of the molecule is Cn1nccc1/C=C1\C[C@H]2[C@@H]3CC[C@H]4CCCC[C@]4(C)[C@H]3CC[C@]2(C)C1=O. The Balaban J connectivity index is 1.48. The van der Waals surface area contributed by atoms with Gasteiger partial charge in [-0.2, -0.15) is 5.10 Å². The van der Waals surface area contributed by atoms with Crippen molar-refractivity contribution in [1.82, 2.24) is 9.78 Å². The van der Waals surface area contributed by atoms with E-state index in [2.05, 4.69) is 25.0 Å². The van der Waals surface area contributed by atoms with Crippen LogP contribution in [0.4, 0.5) is 0 Å². The van der Waals surface area contributed by atoms with Crippen molar-refractivity contribution < 1.29 is 4.79 Å². The highest BCUT2D eigenvalue weighted by Gasteiger charge is 2.60. The topological polar surface area (TPSA) is 34.9 Å². The van der Waals surface area contributed by atoms with E-state index in [1.165, 1.54) is 44.9 Å². The van der Waals surface area contributed by atoms with Crippen LogP contribution in [0.2, 0.25) is 0 Å². The van der Waals surface area contributed by atoms with Gasteiger partial charge in [-0.05, 0) is 91.7 Å². The number of fused-ring (bicyclic) bond motifs is 5. The van der Waals surface area contributed by atoms with Crippen LogP contribution in [0.5, 0.6) is 0 Å². The maximum Gasteiger partial charge on any atom is 0.165 e. The zero-order chi connectivity index (χ0) is 18.8. The lowest BCUT2D eigenvalue weighted by molar-refractivity contribution is -0.137. The normalized spacial score (nSPS) is 45.4. The number of rotatable bonds is 1. The summed E-state index contributed by atoms with van der Waals surface area (Å²) >= 11 is 0. The summed E-state index contributed by atoms with van der Waals surface area (Å²) in [6, 6.07) is 2.02. The van der Waals surface area contributed by atoms with Crippen molar-refractivity contribution in [3.05, 3.63) is 23.5 Å². The Labute approximate surface area is 163 Å². The molecule has 1 aromatic rings. The molecule has 3 heteroatoms. The molecule has 4 aliphatic rings. The Bertz CT molecular complexity index is 792. The lowest BCUT2D eigenvalue weighted by Crippen LogP contribution is -2.52. The monoisotopic (exact) mass is 366 g/mol. The summed E-state index contributed by atoms with van der Waals surface area (Å²) in [5.74, 6) is 3.53. The van der Waals surface area contributed by atoms with Crippen molar-refractivity contribution in [1.29, 1.82) is 0 Å². The lowest BCUT2D eigenvalue weighted by atomic mass is 9.45. The molecule has 5 rings (SSSR count). The van der Waals surface area contributed by atoms with Crippen LogP contribution in [-0.4, -0.2) is 15.6 Å². The van der Waals surface area contributed by atoms with E-state index in [1.807, 2.05) is 24.0 Å². The minimum atomic E-state index is -0.122. The number of allylic oxidation sites excluding steroid dienone is 1. The molecule has 0 aromatic carbocycles. The van der Waals surface area contributed by atoms with Gasteiger partial charge in [0, 0.05) is 18.7 Å². The Hall–Kier alpha value is -1.38. The van der Waals surface area contributed by atoms with E-state index in [0.29, 0.717) is 17.1 Å². The summed E-state index contributed by atoms with van der Waals surface area (Å²) in [6.45, 7) is 4.90. The molecule has 0 spiro atoms. The Morgan fingerprint density at radius 3 is 2.74 bits per heavy atom. The molecule has 0 saturated heterocycles. The van der Waals surface area contributed by atoms with E-state index in [9.17, 15) is 4.79 Å². The first-order valence-corrected chi connectivity index (χ1v) is 11.2. The van der Waals surface area contributed by atoms with E-state index in [1.54, 1.807) is 0 Å². The van der Waals surface area contributed by atoms with Gasteiger partial charge in [0.15, 0.2) is 5.78 Å². The number of nitrogens with zero attached hydrogens (tertiary/aromatic N) is 2. The second-order valence-corrected chi connectivity index (χ2v) is 10.4. The fourth-order valence-corrected chi connectivity index (χ4v) is 7.80. The highest BCUT2D eigenvalue weighted by atomic mass is 16.1. The van der Waals surface area contributed by atoms with Crippen LogP contribution >= 0.6 is 0 Å². The first kappa shape index (κ1) is 17.7. The summed E-state index contributed by atoms with van der Waals surface area (Å²) in [4.78, 5) is 13.4. The lowest BCUT2D eigenvalue weighted by Gasteiger charge is -2.59. The average Bonchev–Trinajstić information content (AvgIpc) is 3.17. The number of ketones is 1. The summed E-state index contributed by atoms with van der Waals surface area (Å²) in [7, 11) is 1.96. The van der Waals surface area contributed by atoms with E-state index in [0.717, 1.165) is 41.9 Å². The fourth-order valence-electron chi connectivity index (χ4n) is 7.80. The van der Waals surface area contributed by atoms with Crippen molar-refractivity contribution in [2.24, 2.45) is 41.5 Å². The van der Waals surface area contributed by atoms with Crippen LogP contribution in [0, 0.1) is 34.5 Å². The molecule has 0 radical (unpaired) electrons. The van der Waals surface area contributed by atoms with Gasteiger partial charge >= 0.3 is 0 Å². The molecule has 4 aliphatic carbocycles. The van der Waals surface area contributed by atoms with Gasteiger partial charge in [-0.3, -0.25) is 9.48 Å². The number of aromatic nitrogens is 2. The highest BCUT2D eigenvalue weighted by molar-refractivity contribution is 6.05. The number of Topliss-reactive ketones (excluding diaryl/α,β-unsaturated/α-hetero) is 1. The molecule has 0 amide bonds. The number of hydrogen-bond donors (Lipinski definition) is 0. The molecule has 27 heavy (non-hydrogen) atoms. The molecule has 1 heterocycles. The number of hydrogen-bond acceptors (Lipinski definition) is 2. The maximum absolute atomic E-state index is 13.4. The number of aryl methyl sites for hydroxylation is 1. The first-order chi connectivity index (χ1) is 12.9. The molecule has 146 valence electrons. The van der Waals surface area contributed by atoms with Crippen LogP contribution in [0.1, 0.15) is 77.3 Å². The summed E-state index contributed by atoms with van der Waals surface area (Å²) in [6.07, 6.45) is 15.8. The number of carbonyl (C=O) groups excluding carboxylic acids is 1. The van der Waals surface area contributed by atoms with Gasteiger partial charge in [0.25, 0.3) is 0 Å². The van der Waals surface area contributed by atoms with Crippen molar-refractivity contribution in [3.63, 3.8) is 0 Å². The second kappa shape index (κ2) is 6.06. The van der Waals surface area contributed by atoms with Gasteiger partial charge in [-0.25, -0.2) is 0 Å². The smallest absolute Gasteiger partial charge is 0.165 e. The summed E-state index contributed by atoms with van der Waals surface area (Å²) in [5, 5.41) is 4.27. The molecule has 3 nitrogen and oxygen atoms in total. The maximum atomic E-state index is 13.4. The fraction of sp³-hybridized carbons (Fsp3) is 0.750. The quantitative estimate of drug-likeness (QED) is 0.622. The average molecular weight is 367 g/mol. The van der Waals surface area contributed by atoms with Crippen molar-refractivity contribution >= 4 is 11.9 Å². The Kier molecular flexibility index (Phi) is 3.97. The van der Waals surface area contributed by atoms with Crippen molar-refractivity contribution in [3.8, 4) is 0 Å². The van der Waals surface area contributed by atoms with E-state index < -0.39 is 0 Å². The standard InChI is InChI=1S/C24H34N2O/c1-23-11-5-4-6-17(23)7-8-19-20(23)9-12-24(2)21(19)15-16(22(24)27)14-18-10-13-25-26(18)3/h10,13-14,17,19-21H,4-9,11-12,15H2,1-3H3/b16-14+/t17-,19-,20+,21+,23+,24+/m1/s1. The van der Waals surface area contributed by atoms with E-state index in [4.69, 9.17) is 0 Å². The van der Waals surface area contributed by atoms with Crippen LogP contribution < -0.4 is 0 Å². The third-order valence-corrected chi connectivity index (χ3v) is 9.40. The molecule has 0 unspecified atom stereocenters. The second-order valence-electron chi connectivity index (χ2n) is 10.4. The van der Waals surface area contributed by atoms with Gasteiger partial charge in [0.2, 0.25) is 0 Å². The first-order valence-electron chi connectivity index (χ1n) is 11.2. The predicted octanol–water partition coefficient (Wildman–Crippen LogP) is 5.42. The van der Waals surface area contributed by atoms with E-state index >= 15 is 0 Å².